The van der Waals surface area contributed by atoms with E-state index >= 15 is 0 Å². The van der Waals surface area contributed by atoms with Gasteiger partial charge in [-0.3, -0.25) is 0 Å². The summed E-state index contributed by atoms with van der Waals surface area (Å²) < 4.78 is 0. The molecule has 0 heterocycles. The molecule has 38 heavy (non-hydrogen) atoms. The molecule has 0 aromatic heterocycles. The number of hydrogen-bond donors (Lipinski definition) is 0. The van der Waals surface area contributed by atoms with E-state index in [1.165, 1.54) is 33.4 Å². The predicted octanol–water partition coefficient (Wildman–Crippen LogP) is 9.85. The van der Waals surface area contributed by atoms with E-state index in [2.05, 4.69) is 149 Å². The number of benzene rings is 4. The third kappa shape index (κ3) is 3.77. The minimum atomic E-state index is -2.12. The summed E-state index contributed by atoms with van der Waals surface area (Å²) in [4.78, 5) is 0. The zero-order chi connectivity index (χ0) is 26.7. The Morgan fingerprint density at radius 2 is 0.842 bits per heavy atom. The monoisotopic (exact) mass is 526 g/mol. The number of allylic oxidation sites excluding steroid dienone is 2. The fraction of sp³-hybridized carbons (Fsp3) is 0.222. The van der Waals surface area contributed by atoms with Crippen molar-refractivity contribution in [2.45, 2.75) is 51.1 Å². The van der Waals surface area contributed by atoms with Crippen molar-refractivity contribution in [2.24, 2.45) is 0 Å². The molecule has 2 atom stereocenters. The molecule has 0 radical (unpaired) electrons. The van der Waals surface area contributed by atoms with Crippen molar-refractivity contribution < 1.29 is 0 Å². The smallest absolute Gasteiger partial charge is 0.0702 e. The van der Waals surface area contributed by atoms with Gasteiger partial charge >= 0.3 is 0 Å². The standard InChI is InChI=1S/C36H38Si2/c1-25-15-7-11-19-29(25)33-23-27-17-9-13-21-31(27)35(33)38(6,37(3,4)5)36-32-22-14-10-18-28(32)24-34(36)30-20-12-8-16-26(30)2/h7-24,35-36H,1-6H3. The van der Waals surface area contributed by atoms with E-state index in [1.807, 2.05) is 0 Å². The Hall–Kier alpha value is -3.21. The fourth-order valence-corrected chi connectivity index (χ4v) is 19.9. The van der Waals surface area contributed by atoms with Crippen molar-refractivity contribution in [3.63, 3.8) is 0 Å². The van der Waals surface area contributed by atoms with Gasteiger partial charge in [0.2, 0.25) is 0 Å². The summed E-state index contributed by atoms with van der Waals surface area (Å²) in [6.07, 6.45) is 5.07. The van der Waals surface area contributed by atoms with Crippen LogP contribution in [-0.2, 0) is 0 Å². The summed E-state index contributed by atoms with van der Waals surface area (Å²) in [5, 5.41) is 0. The summed E-state index contributed by atoms with van der Waals surface area (Å²) in [7, 11) is -3.83. The van der Waals surface area contributed by atoms with E-state index in [0.717, 1.165) is 0 Å². The quantitative estimate of drug-likeness (QED) is 0.227. The van der Waals surface area contributed by atoms with Gasteiger partial charge in [0.25, 0.3) is 0 Å². The molecule has 0 bridgehead atoms. The molecule has 2 heteroatoms. The van der Waals surface area contributed by atoms with Gasteiger partial charge in [-0.1, -0.05) is 135 Å². The normalized spacial score (nSPS) is 19.8. The van der Waals surface area contributed by atoms with Crippen molar-refractivity contribution in [3.05, 3.63) is 142 Å². The Kier molecular flexibility index (Phi) is 6.09. The molecular weight excluding hydrogens is 489 g/mol. The first kappa shape index (κ1) is 25.1. The van der Waals surface area contributed by atoms with Crippen LogP contribution in [-0.4, -0.2) is 15.2 Å². The topological polar surface area (TPSA) is 0 Å². The molecule has 2 aliphatic carbocycles. The molecule has 0 spiro atoms. The summed E-state index contributed by atoms with van der Waals surface area (Å²) >= 11 is 0. The first-order valence-corrected chi connectivity index (χ1v) is 21.1. The van der Waals surface area contributed by atoms with Crippen molar-refractivity contribution >= 4 is 38.5 Å². The van der Waals surface area contributed by atoms with E-state index in [-0.39, 0.29) is 0 Å². The molecule has 0 saturated carbocycles. The maximum atomic E-state index is 2.77. The largest absolute Gasteiger partial charge is 0.0714 e. The van der Waals surface area contributed by atoms with Crippen LogP contribution in [0.3, 0.4) is 0 Å². The lowest BCUT2D eigenvalue weighted by Gasteiger charge is -2.50. The third-order valence-electron chi connectivity index (χ3n) is 9.59. The molecule has 0 N–H and O–H groups in total. The van der Waals surface area contributed by atoms with Crippen LogP contribution < -0.4 is 0 Å². The molecular formula is C36H38Si2. The minimum absolute atomic E-state index is 0.454. The Balaban J connectivity index is 1.65. The predicted molar refractivity (Wildman–Crippen MR) is 171 cm³/mol. The molecule has 190 valence electrons. The van der Waals surface area contributed by atoms with Gasteiger partial charge in [0.05, 0.1) is 7.59 Å². The lowest BCUT2D eigenvalue weighted by Crippen LogP contribution is -2.63. The summed E-state index contributed by atoms with van der Waals surface area (Å²) in [6, 6.07) is 36.6. The van der Waals surface area contributed by atoms with Crippen molar-refractivity contribution in [2.75, 3.05) is 0 Å². The van der Waals surface area contributed by atoms with Crippen LogP contribution in [0.15, 0.2) is 97.1 Å². The van der Waals surface area contributed by atoms with Gasteiger partial charge in [-0.05, 0) is 69.5 Å². The Bertz CT molecular complexity index is 1490. The fourth-order valence-electron chi connectivity index (χ4n) is 7.23. The van der Waals surface area contributed by atoms with Crippen LogP contribution in [0, 0.1) is 13.8 Å². The molecule has 2 aliphatic rings. The first-order valence-electron chi connectivity index (χ1n) is 13.9. The van der Waals surface area contributed by atoms with Gasteiger partial charge in [-0.2, -0.15) is 0 Å². The molecule has 2 unspecified atom stereocenters. The van der Waals surface area contributed by atoms with Crippen LogP contribution >= 0.6 is 0 Å². The van der Waals surface area contributed by atoms with Crippen LogP contribution in [0.2, 0.25) is 26.2 Å². The van der Waals surface area contributed by atoms with Gasteiger partial charge in [0.1, 0.15) is 0 Å². The highest BCUT2D eigenvalue weighted by atomic mass is 29.3. The van der Waals surface area contributed by atoms with Gasteiger partial charge in [-0.25, -0.2) is 0 Å². The molecule has 4 aromatic carbocycles. The van der Waals surface area contributed by atoms with E-state index in [1.54, 1.807) is 22.3 Å². The van der Waals surface area contributed by atoms with Crippen molar-refractivity contribution in [1.82, 2.24) is 0 Å². The minimum Gasteiger partial charge on any atom is -0.0714 e. The molecule has 4 aromatic rings. The van der Waals surface area contributed by atoms with E-state index < -0.39 is 15.2 Å². The second-order valence-electron chi connectivity index (χ2n) is 12.5. The lowest BCUT2D eigenvalue weighted by molar-refractivity contribution is 1.08. The van der Waals surface area contributed by atoms with Gasteiger partial charge in [-0.15, -0.1) is 0 Å². The van der Waals surface area contributed by atoms with Gasteiger partial charge in [0, 0.05) is 18.7 Å². The molecule has 0 nitrogen and oxygen atoms in total. The number of fused-ring (bicyclic) bond motifs is 2. The number of rotatable bonds is 5. The van der Waals surface area contributed by atoms with Crippen molar-refractivity contribution in [3.8, 4) is 0 Å². The maximum Gasteiger partial charge on any atom is 0.0702 e. The zero-order valence-electron chi connectivity index (χ0n) is 23.5. The maximum absolute atomic E-state index is 2.77. The Labute approximate surface area is 230 Å². The average Bonchev–Trinajstić information content (AvgIpc) is 3.47. The van der Waals surface area contributed by atoms with Crippen LogP contribution in [0.5, 0.6) is 0 Å². The Morgan fingerprint density at radius 3 is 1.24 bits per heavy atom. The van der Waals surface area contributed by atoms with E-state index in [4.69, 9.17) is 0 Å². The number of hydrogen-bond acceptors (Lipinski definition) is 0. The molecule has 0 fully saturated rings. The number of aryl methyl sites for hydroxylation is 2. The molecule has 0 saturated heterocycles. The highest BCUT2D eigenvalue weighted by Gasteiger charge is 2.58. The highest BCUT2D eigenvalue weighted by Crippen LogP contribution is 2.59. The lowest BCUT2D eigenvalue weighted by atomic mass is 9.98. The summed E-state index contributed by atoms with van der Waals surface area (Å²) in [5.74, 6) is 0. The van der Waals surface area contributed by atoms with Gasteiger partial charge in [0.15, 0.2) is 0 Å². The van der Waals surface area contributed by atoms with Crippen LogP contribution in [0.25, 0.3) is 23.3 Å². The van der Waals surface area contributed by atoms with E-state index in [0.29, 0.717) is 11.1 Å². The third-order valence-corrected chi connectivity index (χ3v) is 27.9. The second kappa shape index (κ2) is 9.22. The van der Waals surface area contributed by atoms with E-state index in [9.17, 15) is 0 Å². The SMILES string of the molecule is Cc1ccccc1C1=Cc2ccccc2C1[Si](C)(C1C(c2ccccc2C)=Cc2ccccc21)[Si](C)(C)C. The molecule has 6 rings (SSSR count). The molecule has 0 aliphatic heterocycles. The van der Waals surface area contributed by atoms with Crippen LogP contribution in [0.1, 0.15) is 55.6 Å². The summed E-state index contributed by atoms with van der Waals surface area (Å²) in [5.41, 5.74) is 15.6. The zero-order valence-corrected chi connectivity index (χ0v) is 25.5. The highest BCUT2D eigenvalue weighted by molar-refractivity contribution is 7.42. The Morgan fingerprint density at radius 1 is 0.474 bits per heavy atom. The average molecular weight is 527 g/mol. The van der Waals surface area contributed by atoms with Gasteiger partial charge < -0.3 is 0 Å². The second-order valence-corrected chi connectivity index (χ2v) is 28.4. The molecule has 0 amide bonds. The first-order chi connectivity index (χ1) is 18.2. The van der Waals surface area contributed by atoms with Crippen LogP contribution in [0.4, 0.5) is 0 Å². The summed E-state index contributed by atoms with van der Waals surface area (Å²) in [6.45, 7) is 15.3. The van der Waals surface area contributed by atoms with Crippen molar-refractivity contribution in [1.29, 1.82) is 0 Å².